The molecular weight excluding hydrogens is 268 g/mol. The Morgan fingerprint density at radius 1 is 1.10 bits per heavy atom. The molecule has 110 valence electrons. The standard InChI is InChI=1S/C18H19F2N/c1-11-7-8-13(18(20)17(11)19)10-14-9-12(2)21-16-6-4-3-5-15(14)16/h3-8,12,14,21H,9-10H2,1-2H3. The summed E-state index contributed by atoms with van der Waals surface area (Å²) in [4.78, 5) is 0. The van der Waals surface area contributed by atoms with E-state index < -0.39 is 11.6 Å². The van der Waals surface area contributed by atoms with Crippen molar-refractivity contribution in [3.8, 4) is 0 Å². The van der Waals surface area contributed by atoms with Crippen LogP contribution in [0.15, 0.2) is 36.4 Å². The first kappa shape index (κ1) is 14.1. The van der Waals surface area contributed by atoms with Crippen molar-refractivity contribution in [2.75, 3.05) is 5.32 Å². The Bertz CT molecular complexity index is 666. The quantitative estimate of drug-likeness (QED) is 0.836. The second kappa shape index (κ2) is 5.47. The van der Waals surface area contributed by atoms with Crippen LogP contribution in [0.1, 0.15) is 36.0 Å². The third-order valence-electron chi connectivity index (χ3n) is 4.26. The lowest BCUT2D eigenvalue weighted by molar-refractivity contribution is 0.480. The molecule has 21 heavy (non-hydrogen) atoms. The number of benzene rings is 2. The number of hydrogen-bond donors (Lipinski definition) is 1. The van der Waals surface area contributed by atoms with E-state index in [1.807, 2.05) is 18.2 Å². The number of para-hydroxylation sites is 1. The highest BCUT2D eigenvalue weighted by atomic mass is 19.2. The van der Waals surface area contributed by atoms with Crippen LogP contribution in [0.25, 0.3) is 0 Å². The average molecular weight is 287 g/mol. The molecule has 2 aromatic rings. The number of aryl methyl sites for hydroxylation is 1. The fourth-order valence-corrected chi connectivity index (χ4v) is 3.16. The zero-order valence-electron chi connectivity index (χ0n) is 12.3. The lowest BCUT2D eigenvalue weighted by Crippen LogP contribution is -2.26. The second-order valence-electron chi connectivity index (χ2n) is 5.94. The first-order valence-corrected chi connectivity index (χ1v) is 7.35. The minimum Gasteiger partial charge on any atom is -0.382 e. The van der Waals surface area contributed by atoms with Crippen LogP contribution in [0.5, 0.6) is 0 Å². The molecule has 0 aliphatic carbocycles. The van der Waals surface area contributed by atoms with Crippen molar-refractivity contribution in [2.24, 2.45) is 0 Å². The number of fused-ring (bicyclic) bond motifs is 1. The van der Waals surface area contributed by atoms with E-state index in [9.17, 15) is 8.78 Å². The summed E-state index contributed by atoms with van der Waals surface area (Å²) in [5.41, 5.74) is 3.12. The lowest BCUT2D eigenvalue weighted by Gasteiger charge is -2.31. The van der Waals surface area contributed by atoms with Crippen molar-refractivity contribution in [2.45, 2.75) is 38.6 Å². The molecule has 0 amide bonds. The topological polar surface area (TPSA) is 12.0 Å². The molecule has 1 aliphatic heterocycles. The average Bonchev–Trinajstić information content (AvgIpc) is 2.47. The van der Waals surface area contributed by atoms with Gasteiger partial charge in [-0.05, 0) is 55.4 Å². The number of rotatable bonds is 2. The minimum atomic E-state index is -0.720. The van der Waals surface area contributed by atoms with Gasteiger partial charge in [-0.1, -0.05) is 30.3 Å². The molecule has 0 spiro atoms. The summed E-state index contributed by atoms with van der Waals surface area (Å²) in [5.74, 6) is -1.20. The van der Waals surface area contributed by atoms with Crippen LogP contribution >= 0.6 is 0 Å². The zero-order valence-corrected chi connectivity index (χ0v) is 12.3. The Kier molecular flexibility index (Phi) is 3.66. The Labute approximate surface area is 124 Å². The molecule has 0 saturated heterocycles. The van der Waals surface area contributed by atoms with Gasteiger partial charge in [-0.25, -0.2) is 8.78 Å². The van der Waals surface area contributed by atoms with Crippen molar-refractivity contribution in [1.82, 2.24) is 0 Å². The normalized spacial score (nSPS) is 20.8. The molecule has 2 atom stereocenters. The zero-order chi connectivity index (χ0) is 15.0. The maximum Gasteiger partial charge on any atom is 0.162 e. The Morgan fingerprint density at radius 3 is 2.67 bits per heavy atom. The molecule has 3 rings (SSSR count). The molecule has 1 nitrogen and oxygen atoms in total. The van der Waals surface area contributed by atoms with Gasteiger partial charge < -0.3 is 5.32 Å². The molecule has 0 saturated carbocycles. The maximum atomic E-state index is 14.1. The van der Waals surface area contributed by atoms with Gasteiger partial charge in [-0.15, -0.1) is 0 Å². The SMILES string of the molecule is Cc1ccc(CC2CC(C)Nc3ccccc32)c(F)c1F. The van der Waals surface area contributed by atoms with Gasteiger partial charge in [0.15, 0.2) is 11.6 Å². The van der Waals surface area contributed by atoms with Gasteiger partial charge >= 0.3 is 0 Å². The maximum absolute atomic E-state index is 14.1. The predicted molar refractivity (Wildman–Crippen MR) is 81.7 cm³/mol. The molecule has 0 bridgehead atoms. The first-order valence-electron chi connectivity index (χ1n) is 7.35. The van der Waals surface area contributed by atoms with Crippen molar-refractivity contribution >= 4 is 5.69 Å². The molecule has 1 heterocycles. The number of anilines is 1. The molecule has 1 aliphatic rings. The van der Waals surface area contributed by atoms with Crippen molar-refractivity contribution < 1.29 is 8.78 Å². The van der Waals surface area contributed by atoms with Crippen LogP contribution in [-0.4, -0.2) is 6.04 Å². The van der Waals surface area contributed by atoms with E-state index >= 15 is 0 Å². The molecule has 0 aromatic heterocycles. The fourth-order valence-electron chi connectivity index (χ4n) is 3.16. The largest absolute Gasteiger partial charge is 0.382 e. The second-order valence-corrected chi connectivity index (χ2v) is 5.94. The minimum absolute atomic E-state index is 0.217. The lowest BCUT2D eigenvalue weighted by atomic mass is 9.83. The van der Waals surface area contributed by atoms with E-state index in [2.05, 4.69) is 18.3 Å². The van der Waals surface area contributed by atoms with E-state index in [4.69, 9.17) is 0 Å². The number of halogens is 2. The third-order valence-corrected chi connectivity index (χ3v) is 4.26. The van der Waals surface area contributed by atoms with E-state index in [1.54, 1.807) is 19.1 Å². The van der Waals surface area contributed by atoms with Crippen LogP contribution in [-0.2, 0) is 6.42 Å². The predicted octanol–water partition coefficient (Wildman–Crippen LogP) is 4.80. The van der Waals surface area contributed by atoms with E-state index in [-0.39, 0.29) is 5.92 Å². The highest BCUT2D eigenvalue weighted by molar-refractivity contribution is 5.56. The van der Waals surface area contributed by atoms with Crippen molar-refractivity contribution in [3.63, 3.8) is 0 Å². The van der Waals surface area contributed by atoms with Crippen LogP contribution in [0.3, 0.4) is 0 Å². The Balaban J connectivity index is 1.94. The van der Waals surface area contributed by atoms with Crippen LogP contribution in [0.4, 0.5) is 14.5 Å². The monoisotopic (exact) mass is 287 g/mol. The summed E-state index contributed by atoms with van der Waals surface area (Å²) in [5, 5.41) is 3.44. The molecule has 0 fully saturated rings. The summed E-state index contributed by atoms with van der Waals surface area (Å²) in [6.45, 7) is 3.71. The molecule has 3 heteroatoms. The molecule has 2 unspecified atom stereocenters. The summed E-state index contributed by atoms with van der Waals surface area (Å²) >= 11 is 0. The summed E-state index contributed by atoms with van der Waals surface area (Å²) in [6, 6.07) is 11.8. The van der Waals surface area contributed by atoms with Crippen LogP contribution < -0.4 is 5.32 Å². The smallest absolute Gasteiger partial charge is 0.162 e. The Morgan fingerprint density at radius 2 is 1.86 bits per heavy atom. The highest BCUT2D eigenvalue weighted by Gasteiger charge is 2.25. The highest BCUT2D eigenvalue weighted by Crippen LogP contribution is 2.36. The molecule has 2 aromatic carbocycles. The van der Waals surface area contributed by atoms with E-state index in [0.29, 0.717) is 23.6 Å². The Hall–Kier alpha value is -1.90. The van der Waals surface area contributed by atoms with Gasteiger partial charge in [-0.2, -0.15) is 0 Å². The van der Waals surface area contributed by atoms with E-state index in [0.717, 1.165) is 12.1 Å². The van der Waals surface area contributed by atoms with Gasteiger partial charge in [0.25, 0.3) is 0 Å². The summed E-state index contributed by atoms with van der Waals surface area (Å²) in [6.07, 6.45) is 1.46. The van der Waals surface area contributed by atoms with Crippen LogP contribution in [0, 0.1) is 18.6 Å². The third kappa shape index (κ3) is 2.65. The van der Waals surface area contributed by atoms with Crippen LogP contribution in [0.2, 0.25) is 0 Å². The molecule has 0 radical (unpaired) electrons. The number of nitrogens with one attached hydrogen (secondary N) is 1. The molecule has 1 N–H and O–H groups in total. The first-order chi connectivity index (χ1) is 10.1. The summed E-state index contributed by atoms with van der Waals surface area (Å²) in [7, 11) is 0. The van der Waals surface area contributed by atoms with Crippen molar-refractivity contribution in [3.05, 3.63) is 64.7 Å². The summed E-state index contributed by atoms with van der Waals surface area (Å²) < 4.78 is 27.8. The number of hydrogen-bond acceptors (Lipinski definition) is 1. The molecular formula is C18H19F2N. The van der Waals surface area contributed by atoms with Gasteiger partial charge in [-0.3, -0.25) is 0 Å². The van der Waals surface area contributed by atoms with Gasteiger partial charge in [0, 0.05) is 11.7 Å². The van der Waals surface area contributed by atoms with E-state index in [1.165, 1.54) is 5.56 Å². The van der Waals surface area contributed by atoms with Gasteiger partial charge in [0.05, 0.1) is 0 Å². The van der Waals surface area contributed by atoms with Gasteiger partial charge in [0.1, 0.15) is 0 Å². The van der Waals surface area contributed by atoms with Crippen molar-refractivity contribution in [1.29, 1.82) is 0 Å². The fraction of sp³-hybridized carbons (Fsp3) is 0.333. The van der Waals surface area contributed by atoms with Gasteiger partial charge in [0.2, 0.25) is 0 Å².